The van der Waals surface area contributed by atoms with Gasteiger partial charge in [-0.05, 0) is 36.4 Å². The first-order valence-electron chi connectivity index (χ1n) is 7.87. The molecule has 0 aliphatic rings. The standard InChI is InChI=1S/C19H19N3OS/c1-2-12-24-18-10-8-15(9-11-18)19-16(13-20-23)14-22(21-19)17-6-4-3-5-7-17/h3-11,13-14,23H,2,12H2,1H3/b20-13+. The molecule has 122 valence electrons. The van der Waals surface area contributed by atoms with Crippen molar-refractivity contribution in [2.75, 3.05) is 5.75 Å². The molecule has 1 heterocycles. The number of rotatable bonds is 6. The molecule has 4 nitrogen and oxygen atoms in total. The Morgan fingerprint density at radius 3 is 2.54 bits per heavy atom. The molecule has 1 N–H and O–H groups in total. The highest BCUT2D eigenvalue weighted by molar-refractivity contribution is 7.99. The van der Waals surface area contributed by atoms with E-state index in [4.69, 9.17) is 5.21 Å². The highest BCUT2D eigenvalue weighted by Gasteiger charge is 2.11. The SMILES string of the molecule is CCCSc1ccc(-c2nn(-c3ccccc3)cc2/C=N/O)cc1. The molecule has 0 unspecified atom stereocenters. The number of nitrogens with zero attached hydrogens (tertiary/aromatic N) is 3. The molecule has 0 amide bonds. The van der Waals surface area contributed by atoms with Gasteiger partial charge in [-0.15, -0.1) is 11.8 Å². The third-order valence-corrected chi connectivity index (χ3v) is 4.78. The first-order valence-corrected chi connectivity index (χ1v) is 8.86. The van der Waals surface area contributed by atoms with Crippen LogP contribution in [-0.2, 0) is 0 Å². The van der Waals surface area contributed by atoms with Gasteiger partial charge in [0.2, 0.25) is 0 Å². The van der Waals surface area contributed by atoms with Gasteiger partial charge in [-0.2, -0.15) is 5.10 Å². The maximum absolute atomic E-state index is 8.94. The van der Waals surface area contributed by atoms with Crippen LogP contribution in [0.1, 0.15) is 18.9 Å². The van der Waals surface area contributed by atoms with E-state index in [1.807, 2.05) is 48.3 Å². The van der Waals surface area contributed by atoms with E-state index in [0.29, 0.717) is 0 Å². The van der Waals surface area contributed by atoms with E-state index in [1.54, 1.807) is 4.68 Å². The Labute approximate surface area is 145 Å². The molecule has 0 aliphatic carbocycles. The Morgan fingerprint density at radius 1 is 1.12 bits per heavy atom. The summed E-state index contributed by atoms with van der Waals surface area (Å²) in [5.41, 5.74) is 3.53. The Balaban J connectivity index is 1.96. The van der Waals surface area contributed by atoms with Gasteiger partial charge in [-0.25, -0.2) is 4.68 Å². The summed E-state index contributed by atoms with van der Waals surface area (Å²) >= 11 is 1.85. The Kier molecular flexibility index (Phi) is 5.33. The summed E-state index contributed by atoms with van der Waals surface area (Å²) in [6.45, 7) is 2.18. The smallest absolute Gasteiger partial charge is 0.102 e. The van der Waals surface area contributed by atoms with E-state index in [-0.39, 0.29) is 0 Å². The van der Waals surface area contributed by atoms with Gasteiger partial charge in [0.25, 0.3) is 0 Å². The van der Waals surface area contributed by atoms with Crippen molar-refractivity contribution in [2.24, 2.45) is 5.16 Å². The summed E-state index contributed by atoms with van der Waals surface area (Å²) < 4.78 is 1.80. The van der Waals surface area contributed by atoms with Crippen molar-refractivity contribution in [3.63, 3.8) is 0 Å². The summed E-state index contributed by atoms with van der Waals surface area (Å²) in [7, 11) is 0. The molecule has 0 spiro atoms. The van der Waals surface area contributed by atoms with E-state index in [1.165, 1.54) is 11.1 Å². The average molecular weight is 337 g/mol. The van der Waals surface area contributed by atoms with E-state index in [9.17, 15) is 0 Å². The largest absolute Gasteiger partial charge is 0.411 e. The van der Waals surface area contributed by atoms with Crippen molar-refractivity contribution < 1.29 is 5.21 Å². The topological polar surface area (TPSA) is 50.4 Å². The summed E-state index contributed by atoms with van der Waals surface area (Å²) in [6, 6.07) is 18.2. The van der Waals surface area contributed by atoms with Crippen LogP contribution in [0.5, 0.6) is 0 Å². The molecule has 1 aromatic heterocycles. The van der Waals surface area contributed by atoms with Crippen LogP contribution in [0, 0.1) is 0 Å². The van der Waals surface area contributed by atoms with Crippen molar-refractivity contribution in [3.05, 3.63) is 66.4 Å². The van der Waals surface area contributed by atoms with E-state index in [2.05, 4.69) is 41.4 Å². The van der Waals surface area contributed by atoms with Crippen LogP contribution < -0.4 is 0 Å². The van der Waals surface area contributed by atoms with Gasteiger partial charge in [0.05, 0.1) is 11.9 Å². The predicted molar refractivity (Wildman–Crippen MR) is 99.4 cm³/mol. The lowest BCUT2D eigenvalue weighted by atomic mass is 10.1. The van der Waals surface area contributed by atoms with Crippen LogP contribution in [0.3, 0.4) is 0 Å². The van der Waals surface area contributed by atoms with Gasteiger partial charge in [0, 0.05) is 22.2 Å². The minimum absolute atomic E-state index is 0.773. The zero-order valence-electron chi connectivity index (χ0n) is 13.5. The average Bonchev–Trinajstić information content (AvgIpc) is 3.05. The Bertz CT molecular complexity index is 810. The molecular formula is C19H19N3OS. The fraction of sp³-hybridized carbons (Fsp3) is 0.158. The predicted octanol–water partition coefficient (Wildman–Crippen LogP) is 4.85. The number of aromatic nitrogens is 2. The molecule has 0 fully saturated rings. The van der Waals surface area contributed by atoms with E-state index in [0.717, 1.165) is 34.7 Å². The quantitative estimate of drug-likeness (QED) is 0.303. The van der Waals surface area contributed by atoms with Gasteiger partial charge < -0.3 is 5.21 Å². The minimum atomic E-state index is 0.773. The Hall–Kier alpha value is -2.53. The third kappa shape index (κ3) is 3.68. The zero-order chi connectivity index (χ0) is 16.8. The number of hydrogen-bond acceptors (Lipinski definition) is 4. The number of hydrogen-bond donors (Lipinski definition) is 1. The summed E-state index contributed by atoms with van der Waals surface area (Å²) in [4.78, 5) is 1.25. The highest BCUT2D eigenvalue weighted by Crippen LogP contribution is 2.26. The van der Waals surface area contributed by atoms with Gasteiger partial charge in [-0.3, -0.25) is 0 Å². The van der Waals surface area contributed by atoms with Crippen molar-refractivity contribution >= 4 is 18.0 Å². The van der Waals surface area contributed by atoms with E-state index < -0.39 is 0 Å². The maximum Gasteiger partial charge on any atom is 0.102 e. The number of benzene rings is 2. The first-order chi connectivity index (χ1) is 11.8. The van der Waals surface area contributed by atoms with Gasteiger partial charge >= 0.3 is 0 Å². The lowest BCUT2D eigenvalue weighted by molar-refractivity contribution is 0.322. The second kappa shape index (κ2) is 7.84. The molecule has 0 radical (unpaired) electrons. The first kappa shape index (κ1) is 16.3. The second-order valence-corrected chi connectivity index (χ2v) is 6.50. The maximum atomic E-state index is 8.94. The molecule has 2 aromatic carbocycles. The normalized spacial score (nSPS) is 11.2. The van der Waals surface area contributed by atoms with Crippen molar-refractivity contribution in [1.29, 1.82) is 0 Å². The van der Waals surface area contributed by atoms with Gasteiger partial charge in [0.1, 0.15) is 5.69 Å². The van der Waals surface area contributed by atoms with Crippen molar-refractivity contribution in [2.45, 2.75) is 18.2 Å². The molecule has 0 bridgehead atoms. The number of para-hydroxylation sites is 1. The van der Waals surface area contributed by atoms with Crippen LogP contribution in [0.15, 0.2) is 70.8 Å². The number of thioether (sulfide) groups is 1. The molecular weight excluding hydrogens is 318 g/mol. The minimum Gasteiger partial charge on any atom is -0.411 e. The highest BCUT2D eigenvalue weighted by atomic mass is 32.2. The van der Waals surface area contributed by atoms with Crippen LogP contribution in [0.2, 0.25) is 0 Å². The molecule has 0 saturated carbocycles. The van der Waals surface area contributed by atoms with Crippen LogP contribution in [0.25, 0.3) is 16.9 Å². The van der Waals surface area contributed by atoms with Crippen molar-refractivity contribution in [3.8, 4) is 16.9 Å². The second-order valence-electron chi connectivity index (χ2n) is 5.33. The van der Waals surface area contributed by atoms with Gasteiger partial charge in [0.15, 0.2) is 0 Å². The van der Waals surface area contributed by atoms with Crippen LogP contribution in [0.4, 0.5) is 0 Å². The van der Waals surface area contributed by atoms with Crippen LogP contribution >= 0.6 is 11.8 Å². The molecule has 3 aromatic rings. The van der Waals surface area contributed by atoms with E-state index >= 15 is 0 Å². The summed E-state index contributed by atoms with van der Waals surface area (Å²) in [5, 5.41) is 16.8. The monoisotopic (exact) mass is 337 g/mol. The molecule has 0 atom stereocenters. The summed E-state index contributed by atoms with van der Waals surface area (Å²) in [6.07, 6.45) is 4.44. The lowest BCUT2D eigenvalue weighted by Gasteiger charge is -2.03. The molecule has 0 aliphatic heterocycles. The molecule has 0 saturated heterocycles. The Morgan fingerprint density at radius 2 is 1.88 bits per heavy atom. The fourth-order valence-electron chi connectivity index (χ4n) is 2.41. The molecule has 3 rings (SSSR count). The summed E-state index contributed by atoms with van der Waals surface area (Å²) in [5.74, 6) is 1.12. The van der Waals surface area contributed by atoms with Crippen LogP contribution in [-0.4, -0.2) is 27.0 Å². The lowest BCUT2D eigenvalue weighted by Crippen LogP contribution is -1.94. The zero-order valence-corrected chi connectivity index (χ0v) is 14.3. The third-order valence-electron chi connectivity index (χ3n) is 3.56. The molecule has 24 heavy (non-hydrogen) atoms. The number of oxime groups is 1. The fourth-order valence-corrected chi connectivity index (χ4v) is 3.18. The van der Waals surface area contributed by atoms with Crippen molar-refractivity contribution in [1.82, 2.24) is 9.78 Å². The molecule has 5 heteroatoms. The van der Waals surface area contributed by atoms with Gasteiger partial charge in [-0.1, -0.05) is 42.4 Å².